The second kappa shape index (κ2) is 14.7. The summed E-state index contributed by atoms with van der Waals surface area (Å²) >= 11 is 0. The number of carbonyl (C=O) groups excluding carboxylic acids is 2. The smallest absolute Gasteiger partial charge is 0.447 e. The molecule has 0 aliphatic rings. The van der Waals surface area contributed by atoms with Crippen molar-refractivity contribution < 1.29 is 55.4 Å². The molecule has 1 heterocycles. The minimum absolute atomic E-state index is 0.132. The molecule has 1 aromatic heterocycles. The Labute approximate surface area is 256 Å². The number of amides is 1. The summed E-state index contributed by atoms with van der Waals surface area (Å²) in [6.45, 7) is 5.76. The van der Waals surface area contributed by atoms with Crippen molar-refractivity contribution in [2.45, 2.75) is 51.2 Å². The number of aryl methyl sites for hydroxylation is 1. The van der Waals surface area contributed by atoms with Crippen molar-refractivity contribution in [2.75, 3.05) is 20.2 Å². The molecule has 1 unspecified atom stereocenters. The monoisotopic (exact) mass is 659 g/mol. The first-order valence-corrected chi connectivity index (χ1v) is 14.7. The number of nitrogens with one attached hydrogen (secondary N) is 1. The summed E-state index contributed by atoms with van der Waals surface area (Å²) in [6.07, 6.45) is -8.76. The number of aromatic nitrogens is 2. The van der Waals surface area contributed by atoms with Crippen LogP contribution in [0.4, 0.5) is 22.8 Å². The Morgan fingerprint density at radius 1 is 1.04 bits per heavy atom. The number of benzene rings is 2. The van der Waals surface area contributed by atoms with E-state index in [2.05, 4.69) is 5.10 Å². The SMILES string of the molecule is Cc1ccc(-c2cc(C(F)(F)F)nn2-c2ccc(S(=O)(=O)NC(=O)OCCN(C)N(O)OC(C)OC(=O)OC(C)C)cc2)cc1. The van der Waals surface area contributed by atoms with Gasteiger partial charge < -0.3 is 14.2 Å². The van der Waals surface area contributed by atoms with Crippen LogP contribution in [0.15, 0.2) is 59.5 Å². The van der Waals surface area contributed by atoms with E-state index < -0.39 is 53.1 Å². The minimum Gasteiger partial charge on any atom is -0.447 e. The maximum absolute atomic E-state index is 13.5. The summed E-state index contributed by atoms with van der Waals surface area (Å²) in [4.78, 5) is 28.2. The Balaban J connectivity index is 1.60. The van der Waals surface area contributed by atoms with Crippen LogP contribution in [0.3, 0.4) is 0 Å². The Kier molecular flexibility index (Phi) is 11.5. The molecular formula is C27H32F3N5O9S. The number of nitrogens with zero attached hydrogens (tertiary/aromatic N) is 4. The molecule has 14 nitrogen and oxygen atoms in total. The van der Waals surface area contributed by atoms with Crippen LogP contribution in [-0.4, -0.2) is 78.6 Å². The lowest BCUT2D eigenvalue weighted by Crippen LogP contribution is -2.42. The van der Waals surface area contributed by atoms with Crippen LogP contribution in [0.1, 0.15) is 32.0 Å². The molecule has 1 atom stereocenters. The molecular weight excluding hydrogens is 627 g/mol. The van der Waals surface area contributed by atoms with Gasteiger partial charge in [0.1, 0.15) is 6.61 Å². The summed E-state index contributed by atoms with van der Waals surface area (Å²) < 4.78 is 83.0. The third-order valence-corrected chi connectivity index (χ3v) is 7.06. The normalized spacial score (nSPS) is 12.8. The topological polar surface area (TPSA) is 162 Å². The summed E-state index contributed by atoms with van der Waals surface area (Å²) in [5.74, 6) is 0. The molecule has 0 bridgehead atoms. The van der Waals surface area contributed by atoms with E-state index in [1.807, 2.05) is 6.92 Å². The van der Waals surface area contributed by atoms with E-state index in [1.165, 1.54) is 26.1 Å². The second-order valence-electron chi connectivity index (χ2n) is 9.77. The van der Waals surface area contributed by atoms with Gasteiger partial charge in [0.2, 0.25) is 6.29 Å². The zero-order valence-corrected chi connectivity index (χ0v) is 25.6. The summed E-state index contributed by atoms with van der Waals surface area (Å²) in [5, 5.41) is 14.8. The molecule has 45 heavy (non-hydrogen) atoms. The van der Waals surface area contributed by atoms with Gasteiger partial charge in [0.25, 0.3) is 10.0 Å². The number of carbonyl (C=O) groups is 2. The van der Waals surface area contributed by atoms with Crippen LogP contribution in [0.2, 0.25) is 0 Å². The highest BCUT2D eigenvalue weighted by Crippen LogP contribution is 2.33. The fourth-order valence-electron chi connectivity index (χ4n) is 3.56. The van der Waals surface area contributed by atoms with Gasteiger partial charge in [-0.3, -0.25) is 5.21 Å². The Bertz CT molecular complexity index is 1560. The first kappa shape index (κ1) is 35.3. The van der Waals surface area contributed by atoms with Crippen LogP contribution in [-0.2, 0) is 35.2 Å². The molecule has 3 aromatic rings. The number of ether oxygens (including phenoxy) is 3. The minimum atomic E-state index is -4.72. The van der Waals surface area contributed by atoms with E-state index in [0.717, 1.165) is 33.5 Å². The van der Waals surface area contributed by atoms with Gasteiger partial charge in [-0.05, 0) is 51.1 Å². The lowest BCUT2D eigenvalue weighted by Gasteiger charge is -2.26. The average Bonchev–Trinajstić information content (AvgIpc) is 3.39. The van der Waals surface area contributed by atoms with E-state index >= 15 is 0 Å². The van der Waals surface area contributed by atoms with E-state index in [0.29, 0.717) is 5.56 Å². The van der Waals surface area contributed by atoms with Crippen LogP contribution in [0.25, 0.3) is 16.9 Å². The highest BCUT2D eigenvalue weighted by atomic mass is 32.2. The molecule has 0 saturated heterocycles. The number of rotatable bonds is 12. The molecule has 2 N–H and O–H groups in total. The van der Waals surface area contributed by atoms with Crippen molar-refractivity contribution in [3.63, 3.8) is 0 Å². The molecule has 246 valence electrons. The molecule has 0 spiro atoms. The van der Waals surface area contributed by atoms with Gasteiger partial charge in [0.05, 0.1) is 28.9 Å². The van der Waals surface area contributed by atoms with E-state index in [-0.39, 0.29) is 28.2 Å². The van der Waals surface area contributed by atoms with Gasteiger partial charge in [-0.25, -0.2) is 32.2 Å². The molecule has 2 aromatic carbocycles. The number of halogens is 3. The van der Waals surface area contributed by atoms with Crippen LogP contribution < -0.4 is 4.72 Å². The molecule has 0 aliphatic heterocycles. The predicted octanol–water partition coefficient (Wildman–Crippen LogP) is 4.66. The summed E-state index contributed by atoms with van der Waals surface area (Å²) in [6, 6.07) is 12.3. The van der Waals surface area contributed by atoms with Crippen molar-refractivity contribution >= 4 is 22.3 Å². The van der Waals surface area contributed by atoms with Crippen molar-refractivity contribution in [3.8, 4) is 16.9 Å². The maximum Gasteiger partial charge on any atom is 0.510 e. The standard InChI is InChI=1S/C27H32F3N5O9S/c1-17(2)42-26(37)43-19(4)44-35(38)33(5)14-15-41-25(36)32-45(39,40)22-12-10-21(11-13-22)34-23(16-24(31-34)27(28,29)30)20-8-6-18(3)7-9-20/h6-13,16-17,19,38H,14-15H2,1-5H3,(H,32,36). The number of alkyl halides is 3. The number of hydrazine groups is 1. The first-order chi connectivity index (χ1) is 21.0. The fourth-order valence-corrected chi connectivity index (χ4v) is 4.45. The van der Waals surface area contributed by atoms with Gasteiger partial charge in [0.15, 0.2) is 5.69 Å². The Morgan fingerprint density at radius 2 is 1.67 bits per heavy atom. The van der Waals surface area contributed by atoms with Crippen LogP contribution >= 0.6 is 0 Å². The molecule has 18 heteroatoms. The quantitative estimate of drug-likeness (QED) is 0.157. The van der Waals surface area contributed by atoms with Gasteiger partial charge >= 0.3 is 18.4 Å². The molecule has 0 fully saturated rings. The Morgan fingerprint density at radius 3 is 2.24 bits per heavy atom. The lowest BCUT2D eigenvalue weighted by molar-refractivity contribution is -0.468. The number of hydrogen-bond donors (Lipinski definition) is 2. The molecule has 0 radical (unpaired) electrons. The van der Waals surface area contributed by atoms with Crippen LogP contribution in [0.5, 0.6) is 0 Å². The highest BCUT2D eigenvalue weighted by molar-refractivity contribution is 7.90. The predicted molar refractivity (Wildman–Crippen MR) is 150 cm³/mol. The van der Waals surface area contributed by atoms with E-state index in [9.17, 15) is 36.4 Å². The molecule has 0 saturated carbocycles. The lowest BCUT2D eigenvalue weighted by atomic mass is 10.1. The molecule has 0 aliphatic carbocycles. The van der Waals surface area contributed by atoms with Crippen molar-refractivity contribution in [1.82, 2.24) is 24.8 Å². The largest absolute Gasteiger partial charge is 0.510 e. The highest BCUT2D eigenvalue weighted by Gasteiger charge is 2.35. The zero-order valence-electron chi connectivity index (χ0n) is 24.8. The molecule has 1 amide bonds. The number of hydrogen-bond acceptors (Lipinski definition) is 12. The van der Waals surface area contributed by atoms with Crippen LogP contribution in [0, 0.1) is 6.92 Å². The van der Waals surface area contributed by atoms with Gasteiger partial charge in [0, 0.05) is 24.9 Å². The van der Waals surface area contributed by atoms with Gasteiger partial charge in [-0.2, -0.15) is 23.3 Å². The third kappa shape index (κ3) is 10.1. The zero-order chi connectivity index (χ0) is 33.5. The van der Waals surface area contributed by atoms with Crippen molar-refractivity contribution in [3.05, 3.63) is 65.9 Å². The first-order valence-electron chi connectivity index (χ1n) is 13.2. The fraction of sp³-hybridized carbons (Fsp3) is 0.370. The second-order valence-corrected chi connectivity index (χ2v) is 11.4. The third-order valence-electron chi connectivity index (χ3n) is 5.73. The maximum atomic E-state index is 13.5. The van der Waals surface area contributed by atoms with E-state index in [4.69, 9.17) is 19.0 Å². The van der Waals surface area contributed by atoms with Gasteiger partial charge in [-0.1, -0.05) is 29.8 Å². The number of sulfonamides is 1. The van der Waals surface area contributed by atoms with E-state index in [1.54, 1.807) is 42.8 Å². The van der Waals surface area contributed by atoms with Gasteiger partial charge in [-0.15, -0.1) is 0 Å². The summed E-state index contributed by atoms with van der Waals surface area (Å²) in [7, 11) is -3.12. The molecule has 3 rings (SSSR count). The average molecular weight is 660 g/mol. The summed E-state index contributed by atoms with van der Waals surface area (Å²) in [5.41, 5.74) is 0.500. The van der Waals surface area contributed by atoms with Crippen molar-refractivity contribution in [1.29, 1.82) is 0 Å². The van der Waals surface area contributed by atoms with Crippen molar-refractivity contribution in [2.24, 2.45) is 0 Å². The Hall–Kier alpha value is -4.23. The number of likely N-dealkylation sites (N-methyl/N-ethyl adjacent to an activating group) is 1.